The summed E-state index contributed by atoms with van der Waals surface area (Å²) in [5.41, 5.74) is 1.19. The van der Waals surface area contributed by atoms with Gasteiger partial charge in [-0.15, -0.1) is 0 Å². The van der Waals surface area contributed by atoms with Gasteiger partial charge < -0.3 is 10.2 Å². The molecule has 3 nitrogen and oxygen atoms in total. The zero-order valence-electron chi connectivity index (χ0n) is 12.2. The lowest BCUT2D eigenvalue weighted by molar-refractivity contribution is 0.0946. The molecule has 1 aromatic carbocycles. The summed E-state index contributed by atoms with van der Waals surface area (Å²) in [5, 5.41) is 2.87. The Hall–Kier alpha value is -1.42. The van der Waals surface area contributed by atoms with Crippen molar-refractivity contribution in [1.29, 1.82) is 0 Å². The molecule has 1 aromatic rings. The first-order valence-electron chi connectivity index (χ1n) is 6.70. The Morgan fingerprint density at radius 2 is 2.16 bits per heavy atom. The predicted molar refractivity (Wildman–Crippen MR) is 75.9 cm³/mol. The summed E-state index contributed by atoms with van der Waals surface area (Å²) in [4.78, 5) is 14.2. The quantitative estimate of drug-likeness (QED) is 0.858. The average molecular weight is 266 g/mol. The number of hydrogen-bond donors (Lipinski definition) is 1. The second-order valence-electron chi connectivity index (χ2n) is 4.95. The van der Waals surface area contributed by atoms with Crippen LogP contribution in [0.1, 0.15) is 36.2 Å². The molecule has 0 radical (unpaired) electrons. The van der Waals surface area contributed by atoms with Crippen LogP contribution in [0.15, 0.2) is 18.2 Å². The number of benzene rings is 1. The minimum absolute atomic E-state index is 0.143. The maximum absolute atomic E-state index is 13.0. The highest BCUT2D eigenvalue weighted by Gasteiger charge is 2.10. The molecule has 0 spiro atoms. The van der Waals surface area contributed by atoms with Crippen molar-refractivity contribution in [2.75, 3.05) is 20.1 Å². The fourth-order valence-corrected chi connectivity index (χ4v) is 1.85. The third-order valence-electron chi connectivity index (χ3n) is 3.53. The van der Waals surface area contributed by atoms with Crippen LogP contribution < -0.4 is 5.32 Å². The van der Waals surface area contributed by atoms with Crippen molar-refractivity contribution in [2.45, 2.75) is 33.2 Å². The summed E-state index contributed by atoms with van der Waals surface area (Å²) in [6.07, 6.45) is 1.08. The lowest BCUT2D eigenvalue weighted by Crippen LogP contribution is -2.37. The minimum Gasteiger partial charge on any atom is -0.351 e. The van der Waals surface area contributed by atoms with Gasteiger partial charge in [0.2, 0.25) is 0 Å². The summed E-state index contributed by atoms with van der Waals surface area (Å²) < 4.78 is 13.0. The zero-order chi connectivity index (χ0) is 14.4. The molecule has 1 amide bonds. The van der Waals surface area contributed by atoms with Gasteiger partial charge in [0, 0.05) is 24.7 Å². The van der Waals surface area contributed by atoms with E-state index in [1.807, 2.05) is 7.05 Å². The van der Waals surface area contributed by atoms with Crippen LogP contribution in [0.4, 0.5) is 4.39 Å². The molecule has 1 rings (SSSR count). The molecular formula is C15H23FN2O. The van der Waals surface area contributed by atoms with Crippen molar-refractivity contribution in [1.82, 2.24) is 10.2 Å². The van der Waals surface area contributed by atoms with Gasteiger partial charge >= 0.3 is 0 Å². The number of hydrogen-bond acceptors (Lipinski definition) is 2. The molecule has 4 heteroatoms. The summed E-state index contributed by atoms with van der Waals surface area (Å²) in [6.45, 7) is 7.44. The van der Waals surface area contributed by atoms with E-state index in [-0.39, 0.29) is 11.7 Å². The normalized spacial score (nSPS) is 12.5. The molecule has 19 heavy (non-hydrogen) atoms. The standard InChI is InChI=1S/C15H23FN2O/c1-5-12(3)18(4)9-8-17-15(19)14-7-6-13(16)10-11(14)2/h6-7,10,12H,5,8-9H2,1-4H3,(H,17,19). The van der Waals surface area contributed by atoms with Gasteiger partial charge in [0.05, 0.1) is 0 Å². The van der Waals surface area contributed by atoms with Gasteiger partial charge in [-0.2, -0.15) is 0 Å². The Morgan fingerprint density at radius 1 is 1.47 bits per heavy atom. The number of nitrogens with zero attached hydrogens (tertiary/aromatic N) is 1. The number of amides is 1. The molecule has 0 aromatic heterocycles. The average Bonchev–Trinajstić information content (AvgIpc) is 2.37. The monoisotopic (exact) mass is 266 g/mol. The van der Waals surface area contributed by atoms with Gasteiger partial charge in [0.25, 0.3) is 5.91 Å². The van der Waals surface area contributed by atoms with Crippen LogP contribution in [0.5, 0.6) is 0 Å². The van der Waals surface area contributed by atoms with E-state index in [1.165, 1.54) is 18.2 Å². The fraction of sp³-hybridized carbons (Fsp3) is 0.533. The lowest BCUT2D eigenvalue weighted by atomic mass is 10.1. The minimum atomic E-state index is -0.314. The topological polar surface area (TPSA) is 32.3 Å². The molecule has 1 unspecified atom stereocenters. The largest absolute Gasteiger partial charge is 0.351 e. The van der Waals surface area contributed by atoms with E-state index in [4.69, 9.17) is 0 Å². The Kier molecular flexibility index (Phi) is 5.96. The number of carbonyl (C=O) groups is 1. The summed E-state index contributed by atoms with van der Waals surface area (Å²) in [6, 6.07) is 4.72. The van der Waals surface area contributed by atoms with Crippen molar-refractivity contribution in [3.05, 3.63) is 35.1 Å². The van der Waals surface area contributed by atoms with Gasteiger partial charge in [-0.3, -0.25) is 4.79 Å². The van der Waals surface area contributed by atoms with Gasteiger partial charge in [0.15, 0.2) is 0 Å². The van der Waals surface area contributed by atoms with Crippen molar-refractivity contribution in [3.8, 4) is 0 Å². The summed E-state index contributed by atoms with van der Waals surface area (Å²) >= 11 is 0. The van der Waals surface area contributed by atoms with Gasteiger partial charge in [-0.05, 0) is 51.1 Å². The van der Waals surface area contributed by atoms with Crippen LogP contribution in [-0.2, 0) is 0 Å². The van der Waals surface area contributed by atoms with E-state index < -0.39 is 0 Å². The third-order valence-corrected chi connectivity index (χ3v) is 3.53. The molecule has 0 heterocycles. The molecule has 0 aliphatic rings. The SMILES string of the molecule is CCC(C)N(C)CCNC(=O)c1ccc(F)cc1C. The van der Waals surface area contributed by atoms with Crippen LogP contribution in [0.3, 0.4) is 0 Å². The van der Waals surface area contributed by atoms with Crippen molar-refractivity contribution < 1.29 is 9.18 Å². The van der Waals surface area contributed by atoms with Gasteiger partial charge in [0.1, 0.15) is 5.82 Å². The number of aryl methyl sites for hydroxylation is 1. The molecule has 0 bridgehead atoms. The molecule has 106 valence electrons. The predicted octanol–water partition coefficient (Wildman–Crippen LogP) is 2.59. The fourth-order valence-electron chi connectivity index (χ4n) is 1.85. The highest BCUT2D eigenvalue weighted by molar-refractivity contribution is 5.95. The Bertz CT molecular complexity index is 434. The van der Waals surface area contributed by atoms with Crippen LogP contribution in [0, 0.1) is 12.7 Å². The molecule has 0 aliphatic carbocycles. The number of rotatable bonds is 6. The lowest BCUT2D eigenvalue weighted by Gasteiger charge is -2.23. The van der Waals surface area contributed by atoms with E-state index in [0.29, 0.717) is 23.7 Å². The van der Waals surface area contributed by atoms with Crippen LogP contribution >= 0.6 is 0 Å². The second-order valence-corrected chi connectivity index (χ2v) is 4.95. The second kappa shape index (κ2) is 7.24. The third kappa shape index (κ3) is 4.63. The maximum atomic E-state index is 13.0. The Labute approximate surface area is 114 Å². The zero-order valence-corrected chi connectivity index (χ0v) is 12.2. The van der Waals surface area contributed by atoms with Crippen LogP contribution in [0.2, 0.25) is 0 Å². The summed E-state index contributed by atoms with van der Waals surface area (Å²) in [5.74, 6) is -0.458. The summed E-state index contributed by atoms with van der Waals surface area (Å²) in [7, 11) is 2.05. The molecular weight excluding hydrogens is 243 g/mol. The van der Waals surface area contributed by atoms with E-state index in [2.05, 4.69) is 24.1 Å². The van der Waals surface area contributed by atoms with E-state index in [1.54, 1.807) is 6.92 Å². The molecule has 0 saturated carbocycles. The van der Waals surface area contributed by atoms with Crippen LogP contribution in [-0.4, -0.2) is 37.0 Å². The van der Waals surface area contributed by atoms with Gasteiger partial charge in [-0.1, -0.05) is 6.92 Å². The van der Waals surface area contributed by atoms with E-state index >= 15 is 0 Å². The number of likely N-dealkylation sites (N-methyl/N-ethyl adjacent to an activating group) is 1. The first-order chi connectivity index (χ1) is 8.95. The van der Waals surface area contributed by atoms with Crippen molar-refractivity contribution in [2.24, 2.45) is 0 Å². The molecule has 0 fully saturated rings. The molecule has 1 atom stereocenters. The highest BCUT2D eigenvalue weighted by Crippen LogP contribution is 2.09. The van der Waals surface area contributed by atoms with Gasteiger partial charge in [-0.25, -0.2) is 4.39 Å². The number of halogens is 1. The van der Waals surface area contributed by atoms with E-state index in [0.717, 1.165) is 13.0 Å². The Morgan fingerprint density at radius 3 is 2.74 bits per heavy atom. The van der Waals surface area contributed by atoms with Crippen molar-refractivity contribution in [3.63, 3.8) is 0 Å². The molecule has 0 aliphatic heterocycles. The molecule has 0 saturated heterocycles. The highest BCUT2D eigenvalue weighted by atomic mass is 19.1. The maximum Gasteiger partial charge on any atom is 0.251 e. The first kappa shape index (κ1) is 15.6. The smallest absolute Gasteiger partial charge is 0.251 e. The van der Waals surface area contributed by atoms with E-state index in [9.17, 15) is 9.18 Å². The number of carbonyl (C=O) groups excluding carboxylic acids is 1. The molecule has 1 N–H and O–H groups in total. The number of nitrogens with one attached hydrogen (secondary N) is 1. The first-order valence-corrected chi connectivity index (χ1v) is 6.70. The van der Waals surface area contributed by atoms with Crippen LogP contribution in [0.25, 0.3) is 0 Å². The van der Waals surface area contributed by atoms with Crippen molar-refractivity contribution >= 4 is 5.91 Å². The Balaban J connectivity index is 2.47.